The van der Waals surface area contributed by atoms with Gasteiger partial charge in [-0.3, -0.25) is 9.59 Å². The third-order valence-corrected chi connectivity index (χ3v) is 4.41. The molecule has 4 nitrogen and oxygen atoms in total. The van der Waals surface area contributed by atoms with Crippen LogP contribution in [0.3, 0.4) is 0 Å². The molecule has 0 radical (unpaired) electrons. The van der Waals surface area contributed by atoms with Gasteiger partial charge in [-0.05, 0) is 49.8 Å². The Morgan fingerprint density at radius 1 is 1.29 bits per heavy atom. The summed E-state index contributed by atoms with van der Waals surface area (Å²) in [6.07, 6.45) is 2.83. The van der Waals surface area contributed by atoms with Gasteiger partial charge in [-0.15, -0.1) is 0 Å². The summed E-state index contributed by atoms with van der Waals surface area (Å²) in [6.45, 7) is 0.455. The van der Waals surface area contributed by atoms with E-state index in [4.69, 9.17) is 5.11 Å². The van der Waals surface area contributed by atoms with E-state index in [2.05, 4.69) is 21.2 Å². The minimum atomic E-state index is -0.742. The SMILES string of the molecule is O=C(NCC1CCC(C(=O)O)CC1)c1cc(Br)ccc1F. The van der Waals surface area contributed by atoms with Crippen molar-refractivity contribution in [1.82, 2.24) is 5.32 Å². The van der Waals surface area contributed by atoms with Gasteiger partial charge in [-0.25, -0.2) is 4.39 Å². The fourth-order valence-corrected chi connectivity index (χ4v) is 2.98. The molecular weight excluding hydrogens is 341 g/mol. The normalized spacial score (nSPS) is 21.8. The Kier molecular flexibility index (Phi) is 5.33. The summed E-state index contributed by atoms with van der Waals surface area (Å²) in [5, 5.41) is 11.7. The monoisotopic (exact) mass is 357 g/mol. The fourth-order valence-electron chi connectivity index (χ4n) is 2.62. The Labute approximate surface area is 130 Å². The van der Waals surface area contributed by atoms with Crippen LogP contribution in [-0.2, 0) is 4.79 Å². The largest absolute Gasteiger partial charge is 0.481 e. The second-order valence-corrected chi connectivity index (χ2v) is 6.31. The summed E-state index contributed by atoms with van der Waals surface area (Å²) in [6, 6.07) is 4.24. The second-order valence-electron chi connectivity index (χ2n) is 5.39. The maximum Gasteiger partial charge on any atom is 0.306 e. The number of nitrogens with one attached hydrogen (secondary N) is 1. The number of aliphatic carboxylic acids is 1. The lowest BCUT2D eigenvalue weighted by molar-refractivity contribution is -0.143. The van der Waals surface area contributed by atoms with Crippen molar-refractivity contribution in [1.29, 1.82) is 0 Å². The van der Waals surface area contributed by atoms with Crippen molar-refractivity contribution >= 4 is 27.8 Å². The lowest BCUT2D eigenvalue weighted by atomic mass is 9.82. The number of benzene rings is 1. The van der Waals surface area contributed by atoms with Crippen molar-refractivity contribution in [2.24, 2.45) is 11.8 Å². The highest BCUT2D eigenvalue weighted by Crippen LogP contribution is 2.28. The van der Waals surface area contributed by atoms with Crippen molar-refractivity contribution in [2.45, 2.75) is 25.7 Å². The molecule has 1 aromatic rings. The average Bonchev–Trinajstić information content (AvgIpc) is 2.47. The lowest BCUT2D eigenvalue weighted by Crippen LogP contribution is -2.32. The average molecular weight is 358 g/mol. The first-order valence-corrected chi connectivity index (χ1v) is 7.72. The Balaban J connectivity index is 1.85. The zero-order valence-electron chi connectivity index (χ0n) is 11.4. The van der Waals surface area contributed by atoms with Gasteiger partial charge in [-0.2, -0.15) is 0 Å². The number of rotatable bonds is 4. The first-order valence-electron chi connectivity index (χ1n) is 6.93. The summed E-state index contributed by atoms with van der Waals surface area (Å²) in [7, 11) is 0. The topological polar surface area (TPSA) is 66.4 Å². The molecule has 0 bridgehead atoms. The standard InChI is InChI=1S/C15H17BrFNO3/c16-11-5-6-13(17)12(7-11)14(19)18-8-9-1-3-10(4-2-9)15(20)21/h5-7,9-10H,1-4,8H2,(H,18,19)(H,20,21). The molecule has 2 rings (SSSR count). The molecule has 0 aromatic heterocycles. The smallest absolute Gasteiger partial charge is 0.306 e. The second kappa shape index (κ2) is 7.02. The van der Waals surface area contributed by atoms with Crippen LogP contribution in [0.1, 0.15) is 36.0 Å². The number of carbonyl (C=O) groups excluding carboxylic acids is 1. The van der Waals surface area contributed by atoms with Crippen molar-refractivity contribution in [3.63, 3.8) is 0 Å². The third-order valence-electron chi connectivity index (χ3n) is 3.92. The van der Waals surface area contributed by atoms with E-state index in [1.807, 2.05) is 0 Å². The quantitative estimate of drug-likeness (QED) is 0.869. The van der Waals surface area contributed by atoms with Gasteiger partial charge in [0.05, 0.1) is 11.5 Å². The van der Waals surface area contributed by atoms with Gasteiger partial charge in [0.1, 0.15) is 5.82 Å². The van der Waals surface area contributed by atoms with Crippen molar-refractivity contribution in [3.8, 4) is 0 Å². The highest BCUT2D eigenvalue weighted by atomic mass is 79.9. The Bertz CT molecular complexity index is 542. The van der Waals surface area contributed by atoms with E-state index in [0.717, 1.165) is 12.8 Å². The van der Waals surface area contributed by atoms with E-state index in [9.17, 15) is 14.0 Å². The van der Waals surface area contributed by atoms with E-state index < -0.39 is 17.7 Å². The number of hydrogen-bond acceptors (Lipinski definition) is 2. The number of amides is 1. The van der Waals surface area contributed by atoms with E-state index in [1.165, 1.54) is 12.1 Å². The molecule has 0 unspecified atom stereocenters. The van der Waals surface area contributed by atoms with E-state index in [0.29, 0.717) is 23.9 Å². The fraction of sp³-hybridized carbons (Fsp3) is 0.467. The zero-order valence-corrected chi connectivity index (χ0v) is 13.0. The maximum atomic E-state index is 13.6. The van der Waals surface area contributed by atoms with Crippen molar-refractivity contribution in [2.75, 3.05) is 6.54 Å². The molecule has 0 heterocycles. The minimum Gasteiger partial charge on any atom is -0.481 e. The molecule has 1 aliphatic carbocycles. The van der Waals surface area contributed by atoms with Crippen LogP contribution in [-0.4, -0.2) is 23.5 Å². The number of carboxylic acids is 1. The molecule has 0 spiro atoms. The molecule has 1 saturated carbocycles. The van der Waals surface area contributed by atoms with Gasteiger partial charge in [0.2, 0.25) is 0 Å². The van der Waals surface area contributed by atoms with Crippen LogP contribution in [0.15, 0.2) is 22.7 Å². The van der Waals surface area contributed by atoms with E-state index >= 15 is 0 Å². The number of halogens is 2. The first-order chi connectivity index (χ1) is 9.97. The molecule has 1 aromatic carbocycles. The van der Waals surface area contributed by atoms with Gasteiger partial charge in [0.15, 0.2) is 0 Å². The predicted octanol–water partition coefficient (Wildman–Crippen LogP) is 3.21. The van der Waals surface area contributed by atoms with Gasteiger partial charge in [-0.1, -0.05) is 15.9 Å². The first kappa shape index (κ1) is 15.9. The molecule has 0 saturated heterocycles. The van der Waals surface area contributed by atoms with Gasteiger partial charge >= 0.3 is 5.97 Å². The summed E-state index contributed by atoms with van der Waals surface area (Å²) < 4.78 is 14.2. The van der Waals surface area contributed by atoms with Crippen LogP contribution < -0.4 is 5.32 Å². The highest BCUT2D eigenvalue weighted by molar-refractivity contribution is 9.10. The van der Waals surface area contributed by atoms with Gasteiger partial charge in [0.25, 0.3) is 5.91 Å². The van der Waals surface area contributed by atoms with Crippen LogP contribution in [0.25, 0.3) is 0 Å². The Morgan fingerprint density at radius 3 is 2.57 bits per heavy atom. The molecule has 1 fully saturated rings. The molecule has 21 heavy (non-hydrogen) atoms. The van der Waals surface area contributed by atoms with Crippen molar-refractivity contribution < 1.29 is 19.1 Å². The van der Waals surface area contributed by atoms with Crippen LogP contribution in [0.4, 0.5) is 4.39 Å². The number of hydrogen-bond donors (Lipinski definition) is 2. The minimum absolute atomic E-state index is 0.0172. The molecule has 6 heteroatoms. The van der Waals surface area contributed by atoms with Gasteiger partial charge < -0.3 is 10.4 Å². The van der Waals surface area contributed by atoms with Crippen LogP contribution in [0.2, 0.25) is 0 Å². The summed E-state index contributed by atoms with van der Waals surface area (Å²) >= 11 is 3.21. The molecule has 0 aliphatic heterocycles. The molecule has 1 aliphatic rings. The van der Waals surface area contributed by atoms with Crippen molar-refractivity contribution in [3.05, 3.63) is 34.1 Å². The molecule has 2 N–H and O–H groups in total. The zero-order chi connectivity index (χ0) is 15.4. The van der Waals surface area contributed by atoms with Gasteiger partial charge in [0, 0.05) is 11.0 Å². The number of carboxylic acid groups (broad SMARTS) is 1. The summed E-state index contributed by atoms with van der Waals surface area (Å²) in [5.41, 5.74) is 0.0172. The predicted molar refractivity (Wildman–Crippen MR) is 79.5 cm³/mol. The number of carbonyl (C=O) groups is 2. The summed E-state index contributed by atoms with van der Waals surface area (Å²) in [5.74, 6) is -1.73. The molecule has 0 atom stereocenters. The maximum absolute atomic E-state index is 13.6. The Morgan fingerprint density at radius 2 is 1.95 bits per heavy atom. The van der Waals surface area contributed by atoms with Crippen LogP contribution in [0, 0.1) is 17.7 Å². The van der Waals surface area contributed by atoms with Crippen LogP contribution >= 0.6 is 15.9 Å². The molecule has 1 amide bonds. The summed E-state index contributed by atoms with van der Waals surface area (Å²) in [4.78, 5) is 22.8. The molecular formula is C15H17BrFNO3. The van der Waals surface area contributed by atoms with Crippen LogP contribution in [0.5, 0.6) is 0 Å². The highest BCUT2D eigenvalue weighted by Gasteiger charge is 2.26. The van der Waals surface area contributed by atoms with E-state index in [-0.39, 0.29) is 17.4 Å². The Hall–Kier alpha value is -1.43. The van der Waals surface area contributed by atoms with E-state index in [1.54, 1.807) is 6.07 Å². The lowest BCUT2D eigenvalue weighted by Gasteiger charge is -2.26. The molecule has 114 valence electrons. The third kappa shape index (κ3) is 4.27.